The second kappa shape index (κ2) is 9.11. The molecule has 0 radical (unpaired) electrons. The van der Waals surface area contributed by atoms with Gasteiger partial charge in [0.2, 0.25) is 5.91 Å². The van der Waals surface area contributed by atoms with E-state index in [-0.39, 0.29) is 11.7 Å². The summed E-state index contributed by atoms with van der Waals surface area (Å²) in [6.45, 7) is 7.47. The van der Waals surface area contributed by atoms with Gasteiger partial charge in [-0.05, 0) is 42.8 Å². The van der Waals surface area contributed by atoms with Crippen molar-refractivity contribution in [1.29, 1.82) is 0 Å². The van der Waals surface area contributed by atoms with E-state index >= 15 is 0 Å². The Bertz CT molecular complexity index is 754. The molecule has 1 aliphatic heterocycles. The first-order valence-electron chi connectivity index (χ1n) is 9.49. The van der Waals surface area contributed by atoms with E-state index in [4.69, 9.17) is 0 Å². The molecular weight excluding hydrogens is 341 g/mol. The van der Waals surface area contributed by atoms with Crippen molar-refractivity contribution >= 4 is 5.91 Å². The fraction of sp³-hybridized carbons (Fsp3) is 0.409. The van der Waals surface area contributed by atoms with Gasteiger partial charge in [0.05, 0.1) is 6.54 Å². The third-order valence-electron chi connectivity index (χ3n) is 5.15. The Labute approximate surface area is 161 Å². The van der Waals surface area contributed by atoms with Crippen LogP contribution in [0.1, 0.15) is 16.7 Å². The van der Waals surface area contributed by atoms with Crippen LogP contribution in [0.5, 0.6) is 0 Å². The van der Waals surface area contributed by atoms with Gasteiger partial charge in [-0.2, -0.15) is 0 Å². The van der Waals surface area contributed by atoms with Gasteiger partial charge in [0.15, 0.2) is 0 Å². The van der Waals surface area contributed by atoms with E-state index in [1.54, 1.807) is 12.1 Å². The number of rotatable bonds is 6. The van der Waals surface area contributed by atoms with E-state index in [1.807, 2.05) is 16.8 Å². The molecule has 27 heavy (non-hydrogen) atoms. The number of hydrogen-bond donors (Lipinski definition) is 0. The molecule has 0 atom stereocenters. The van der Waals surface area contributed by atoms with Gasteiger partial charge in [-0.3, -0.25) is 14.6 Å². The molecule has 1 fully saturated rings. The van der Waals surface area contributed by atoms with Gasteiger partial charge in [-0.25, -0.2) is 4.39 Å². The van der Waals surface area contributed by atoms with E-state index in [9.17, 15) is 9.18 Å². The molecular formula is C22H28FN3O. The zero-order valence-electron chi connectivity index (χ0n) is 16.2. The molecule has 1 saturated heterocycles. The van der Waals surface area contributed by atoms with Crippen LogP contribution in [0.4, 0.5) is 4.39 Å². The molecule has 1 amide bonds. The summed E-state index contributed by atoms with van der Waals surface area (Å²) in [7, 11) is 1.93. The predicted molar refractivity (Wildman–Crippen MR) is 106 cm³/mol. The third-order valence-corrected chi connectivity index (χ3v) is 5.15. The molecule has 0 aromatic heterocycles. The quantitative estimate of drug-likeness (QED) is 0.783. The lowest BCUT2D eigenvalue weighted by Crippen LogP contribution is -2.50. The maximum Gasteiger partial charge on any atom is 0.236 e. The Kier molecular flexibility index (Phi) is 6.58. The third kappa shape index (κ3) is 5.62. The van der Waals surface area contributed by atoms with Crippen LogP contribution in [0.25, 0.3) is 0 Å². The summed E-state index contributed by atoms with van der Waals surface area (Å²) in [5.74, 6) is -0.0730. The SMILES string of the molecule is Cc1ccccc1CN1CCN(C(=O)CN(C)Cc2ccc(F)cc2)CC1. The summed E-state index contributed by atoms with van der Waals surface area (Å²) in [5, 5.41) is 0. The lowest BCUT2D eigenvalue weighted by molar-refractivity contribution is -0.134. The summed E-state index contributed by atoms with van der Waals surface area (Å²) < 4.78 is 13.0. The molecule has 0 aliphatic carbocycles. The maximum atomic E-state index is 13.0. The van der Waals surface area contributed by atoms with Gasteiger partial charge >= 0.3 is 0 Å². The van der Waals surface area contributed by atoms with Gasteiger partial charge in [0, 0.05) is 39.3 Å². The van der Waals surface area contributed by atoms with E-state index in [0.29, 0.717) is 13.1 Å². The highest BCUT2D eigenvalue weighted by molar-refractivity contribution is 5.78. The van der Waals surface area contributed by atoms with Crippen LogP contribution in [0.3, 0.4) is 0 Å². The van der Waals surface area contributed by atoms with Crippen molar-refractivity contribution in [2.45, 2.75) is 20.0 Å². The van der Waals surface area contributed by atoms with Crippen LogP contribution in [-0.4, -0.2) is 60.4 Å². The second-order valence-corrected chi connectivity index (χ2v) is 7.38. The van der Waals surface area contributed by atoms with E-state index in [0.717, 1.165) is 38.3 Å². The van der Waals surface area contributed by atoms with Crippen molar-refractivity contribution in [2.75, 3.05) is 39.8 Å². The van der Waals surface area contributed by atoms with Gasteiger partial charge in [0.25, 0.3) is 0 Å². The topological polar surface area (TPSA) is 26.8 Å². The highest BCUT2D eigenvalue weighted by Gasteiger charge is 2.22. The minimum atomic E-state index is -0.235. The molecule has 0 saturated carbocycles. The Hall–Kier alpha value is -2.24. The van der Waals surface area contributed by atoms with E-state index in [1.165, 1.54) is 23.3 Å². The lowest BCUT2D eigenvalue weighted by Gasteiger charge is -2.35. The van der Waals surface area contributed by atoms with Gasteiger partial charge in [-0.1, -0.05) is 36.4 Å². The van der Waals surface area contributed by atoms with Crippen molar-refractivity contribution in [3.63, 3.8) is 0 Å². The van der Waals surface area contributed by atoms with Crippen LogP contribution in [0.15, 0.2) is 48.5 Å². The first-order chi connectivity index (χ1) is 13.0. The summed E-state index contributed by atoms with van der Waals surface area (Å²) in [6, 6.07) is 14.9. The normalized spacial score (nSPS) is 15.3. The first-order valence-corrected chi connectivity index (χ1v) is 9.49. The van der Waals surface area contributed by atoms with Gasteiger partial charge < -0.3 is 4.90 Å². The molecule has 2 aromatic carbocycles. The number of aryl methyl sites for hydroxylation is 1. The molecule has 0 spiro atoms. The van der Waals surface area contributed by atoms with Gasteiger partial charge in [-0.15, -0.1) is 0 Å². The highest BCUT2D eigenvalue weighted by atomic mass is 19.1. The van der Waals surface area contributed by atoms with Crippen LogP contribution < -0.4 is 0 Å². The number of halogens is 1. The fourth-order valence-electron chi connectivity index (χ4n) is 3.47. The Morgan fingerprint density at radius 3 is 2.37 bits per heavy atom. The Morgan fingerprint density at radius 1 is 1.04 bits per heavy atom. The van der Waals surface area contributed by atoms with E-state index < -0.39 is 0 Å². The molecule has 0 N–H and O–H groups in total. The number of amides is 1. The first kappa shape index (κ1) is 19.5. The number of carbonyl (C=O) groups excluding carboxylic acids is 1. The molecule has 1 aliphatic rings. The summed E-state index contributed by atoms with van der Waals surface area (Å²) in [5.41, 5.74) is 3.68. The molecule has 1 heterocycles. The average molecular weight is 369 g/mol. The smallest absolute Gasteiger partial charge is 0.236 e. The monoisotopic (exact) mass is 369 g/mol. The zero-order chi connectivity index (χ0) is 19.2. The standard InChI is InChI=1S/C22H28FN3O/c1-18-5-3-4-6-20(18)16-25-11-13-26(14-12-25)22(27)17-24(2)15-19-7-9-21(23)10-8-19/h3-10H,11-17H2,1-2H3. The molecule has 3 rings (SSSR count). The van der Waals surface area contributed by atoms with Crippen molar-refractivity contribution in [3.8, 4) is 0 Å². The van der Waals surface area contributed by atoms with Crippen molar-refractivity contribution < 1.29 is 9.18 Å². The zero-order valence-corrected chi connectivity index (χ0v) is 16.2. The number of nitrogens with zero attached hydrogens (tertiary/aromatic N) is 3. The number of benzene rings is 2. The largest absolute Gasteiger partial charge is 0.339 e. The number of carbonyl (C=O) groups is 1. The highest BCUT2D eigenvalue weighted by Crippen LogP contribution is 2.13. The molecule has 5 heteroatoms. The van der Waals surface area contributed by atoms with Crippen LogP contribution in [0, 0.1) is 12.7 Å². The lowest BCUT2D eigenvalue weighted by atomic mass is 10.1. The molecule has 0 bridgehead atoms. The number of piperazine rings is 1. The van der Waals surface area contributed by atoms with Crippen LogP contribution in [0.2, 0.25) is 0 Å². The summed E-state index contributed by atoms with van der Waals surface area (Å²) in [6.07, 6.45) is 0. The molecule has 2 aromatic rings. The van der Waals surface area contributed by atoms with E-state index in [2.05, 4.69) is 36.1 Å². The number of hydrogen-bond acceptors (Lipinski definition) is 3. The van der Waals surface area contributed by atoms with Crippen molar-refractivity contribution in [2.24, 2.45) is 0 Å². The molecule has 4 nitrogen and oxygen atoms in total. The van der Waals surface area contributed by atoms with Crippen molar-refractivity contribution in [1.82, 2.24) is 14.7 Å². The predicted octanol–water partition coefficient (Wildman–Crippen LogP) is 2.91. The summed E-state index contributed by atoms with van der Waals surface area (Å²) >= 11 is 0. The maximum absolute atomic E-state index is 13.0. The average Bonchev–Trinajstić information content (AvgIpc) is 2.66. The Balaban J connectivity index is 1.44. The van der Waals surface area contributed by atoms with Gasteiger partial charge in [0.1, 0.15) is 5.82 Å². The number of likely N-dealkylation sites (N-methyl/N-ethyl adjacent to an activating group) is 1. The minimum absolute atomic E-state index is 0.162. The fourth-order valence-corrected chi connectivity index (χ4v) is 3.47. The molecule has 0 unspecified atom stereocenters. The summed E-state index contributed by atoms with van der Waals surface area (Å²) in [4.78, 5) is 18.9. The van der Waals surface area contributed by atoms with Crippen LogP contribution in [-0.2, 0) is 17.9 Å². The Morgan fingerprint density at radius 2 is 1.70 bits per heavy atom. The second-order valence-electron chi connectivity index (χ2n) is 7.38. The molecule has 144 valence electrons. The minimum Gasteiger partial charge on any atom is -0.339 e. The van der Waals surface area contributed by atoms with Crippen LogP contribution >= 0.6 is 0 Å². The van der Waals surface area contributed by atoms with Crippen molar-refractivity contribution in [3.05, 3.63) is 71.0 Å².